The Hall–Kier alpha value is -1.11. The first-order chi connectivity index (χ1) is 10.9. The standard InChI is InChI=1S/C17H29N3O2S/c1-13-6-8-20(9-7-13)14(2)11-18-16(21)19-12-17(3,22)15-5-4-10-23-15/h4-5,10,13-14,22H,6-9,11-12H2,1-3H3,(H2,18,19,21). The lowest BCUT2D eigenvalue weighted by molar-refractivity contribution is 0.0630. The van der Waals surface area contributed by atoms with Gasteiger partial charge >= 0.3 is 6.03 Å². The van der Waals surface area contributed by atoms with Gasteiger partial charge in [0.1, 0.15) is 5.60 Å². The maximum atomic E-state index is 12.0. The van der Waals surface area contributed by atoms with Crippen LogP contribution in [0.3, 0.4) is 0 Å². The second kappa shape index (κ2) is 8.13. The Morgan fingerprint density at radius 1 is 1.48 bits per heavy atom. The fourth-order valence-electron chi connectivity index (χ4n) is 2.83. The van der Waals surface area contributed by atoms with Crippen LogP contribution < -0.4 is 10.6 Å². The molecule has 2 atom stereocenters. The molecule has 0 spiro atoms. The van der Waals surface area contributed by atoms with Crippen LogP contribution in [0.5, 0.6) is 0 Å². The lowest BCUT2D eigenvalue weighted by Gasteiger charge is -2.35. The minimum absolute atomic E-state index is 0.203. The Morgan fingerprint density at radius 3 is 2.78 bits per heavy atom. The number of aliphatic hydroxyl groups is 1. The number of urea groups is 1. The molecule has 3 N–H and O–H groups in total. The van der Waals surface area contributed by atoms with Crippen LogP contribution in [0, 0.1) is 5.92 Å². The molecule has 5 nitrogen and oxygen atoms in total. The Kier molecular flexibility index (Phi) is 6.44. The molecule has 1 aromatic heterocycles. The zero-order valence-electron chi connectivity index (χ0n) is 14.3. The predicted molar refractivity (Wildman–Crippen MR) is 94.7 cm³/mol. The summed E-state index contributed by atoms with van der Waals surface area (Å²) in [5.41, 5.74) is -1.03. The monoisotopic (exact) mass is 339 g/mol. The summed E-state index contributed by atoms with van der Waals surface area (Å²) in [5, 5.41) is 18.0. The largest absolute Gasteiger partial charge is 0.383 e. The summed E-state index contributed by atoms with van der Waals surface area (Å²) >= 11 is 1.49. The molecule has 1 aliphatic heterocycles. The van der Waals surface area contributed by atoms with Crippen molar-refractivity contribution in [3.63, 3.8) is 0 Å². The summed E-state index contributed by atoms with van der Waals surface area (Å²) in [4.78, 5) is 15.2. The third-order valence-electron chi connectivity index (χ3n) is 4.64. The molecule has 2 heterocycles. The normalized spacial score (nSPS) is 20.7. The first-order valence-electron chi connectivity index (χ1n) is 8.40. The van der Waals surface area contributed by atoms with E-state index in [0.717, 1.165) is 23.9 Å². The summed E-state index contributed by atoms with van der Waals surface area (Å²) in [7, 11) is 0. The molecule has 1 saturated heterocycles. The molecule has 2 unspecified atom stereocenters. The van der Waals surface area contributed by atoms with Gasteiger partial charge in [0.15, 0.2) is 0 Å². The Morgan fingerprint density at radius 2 is 2.17 bits per heavy atom. The maximum absolute atomic E-state index is 12.0. The van der Waals surface area contributed by atoms with E-state index in [4.69, 9.17) is 0 Å². The summed E-state index contributed by atoms with van der Waals surface area (Å²) < 4.78 is 0. The van der Waals surface area contributed by atoms with E-state index in [1.807, 2.05) is 17.5 Å². The number of likely N-dealkylation sites (tertiary alicyclic amines) is 1. The van der Waals surface area contributed by atoms with Crippen LogP contribution in [-0.2, 0) is 5.60 Å². The van der Waals surface area contributed by atoms with Crippen LogP contribution >= 0.6 is 11.3 Å². The molecule has 2 amide bonds. The summed E-state index contributed by atoms with van der Waals surface area (Å²) in [6, 6.07) is 3.89. The van der Waals surface area contributed by atoms with E-state index in [1.54, 1.807) is 6.92 Å². The van der Waals surface area contributed by atoms with Crippen molar-refractivity contribution in [2.24, 2.45) is 5.92 Å². The number of amides is 2. The highest BCUT2D eigenvalue weighted by atomic mass is 32.1. The molecule has 1 aliphatic rings. The number of nitrogens with one attached hydrogen (secondary N) is 2. The zero-order valence-corrected chi connectivity index (χ0v) is 15.2. The number of hydrogen-bond donors (Lipinski definition) is 3. The molecule has 2 rings (SSSR count). The number of carbonyl (C=O) groups is 1. The van der Waals surface area contributed by atoms with Gasteiger partial charge in [-0.15, -0.1) is 11.3 Å². The van der Waals surface area contributed by atoms with Crippen LogP contribution in [-0.4, -0.2) is 48.3 Å². The molecule has 0 aromatic carbocycles. The second-order valence-corrected chi connectivity index (χ2v) is 7.83. The van der Waals surface area contributed by atoms with E-state index >= 15 is 0 Å². The van der Waals surface area contributed by atoms with Gasteiger partial charge in [-0.1, -0.05) is 13.0 Å². The van der Waals surface area contributed by atoms with Crippen LogP contribution in [0.4, 0.5) is 4.79 Å². The highest BCUT2D eigenvalue weighted by Gasteiger charge is 2.25. The van der Waals surface area contributed by atoms with Gasteiger partial charge in [0, 0.05) is 17.5 Å². The Bertz CT molecular complexity index is 482. The van der Waals surface area contributed by atoms with E-state index in [9.17, 15) is 9.90 Å². The summed E-state index contributed by atoms with van der Waals surface area (Å²) in [6.45, 7) is 9.22. The second-order valence-electron chi connectivity index (χ2n) is 6.88. The van der Waals surface area contributed by atoms with Gasteiger partial charge < -0.3 is 15.7 Å². The minimum atomic E-state index is -1.03. The van der Waals surface area contributed by atoms with E-state index < -0.39 is 5.60 Å². The average molecular weight is 340 g/mol. The van der Waals surface area contributed by atoms with Gasteiger partial charge in [0.25, 0.3) is 0 Å². The smallest absolute Gasteiger partial charge is 0.314 e. The molecule has 23 heavy (non-hydrogen) atoms. The van der Waals surface area contributed by atoms with Crippen molar-refractivity contribution in [2.45, 2.75) is 45.3 Å². The van der Waals surface area contributed by atoms with E-state index in [2.05, 4.69) is 29.4 Å². The van der Waals surface area contributed by atoms with Crippen molar-refractivity contribution >= 4 is 17.4 Å². The number of nitrogens with zero attached hydrogens (tertiary/aromatic N) is 1. The topological polar surface area (TPSA) is 64.6 Å². The van der Waals surface area contributed by atoms with Crippen molar-refractivity contribution < 1.29 is 9.90 Å². The summed E-state index contributed by atoms with van der Waals surface area (Å²) in [5.74, 6) is 0.814. The third kappa shape index (κ3) is 5.48. The summed E-state index contributed by atoms with van der Waals surface area (Å²) in [6.07, 6.45) is 2.47. The molecule has 0 bridgehead atoms. The van der Waals surface area contributed by atoms with Crippen molar-refractivity contribution in [3.05, 3.63) is 22.4 Å². The van der Waals surface area contributed by atoms with E-state index in [0.29, 0.717) is 12.6 Å². The van der Waals surface area contributed by atoms with Crippen LogP contribution in [0.15, 0.2) is 17.5 Å². The van der Waals surface area contributed by atoms with Gasteiger partial charge in [-0.2, -0.15) is 0 Å². The average Bonchev–Trinajstić information content (AvgIpc) is 3.06. The van der Waals surface area contributed by atoms with Crippen molar-refractivity contribution in [1.82, 2.24) is 15.5 Å². The molecule has 1 aromatic rings. The quantitative estimate of drug-likeness (QED) is 0.745. The van der Waals surface area contributed by atoms with E-state index in [-0.39, 0.29) is 12.6 Å². The third-order valence-corrected chi connectivity index (χ3v) is 5.77. The molecule has 0 saturated carbocycles. The molecule has 130 valence electrons. The van der Waals surface area contributed by atoms with Gasteiger partial charge in [-0.3, -0.25) is 4.90 Å². The maximum Gasteiger partial charge on any atom is 0.314 e. The fourth-order valence-corrected chi connectivity index (χ4v) is 3.61. The van der Waals surface area contributed by atoms with Crippen LogP contribution in [0.1, 0.15) is 38.5 Å². The number of hydrogen-bond acceptors (Lipinski definition) is 4. The first kappa shape index (κ1) is 18.2. The number of carbonyl (C=O) groups excluding carboxylic acids is 1. The predicted octanol–water partition coefficient (Wildman–Crippen LogP) is 2.38. The van der Waals surface area contributed by atoms with Crippen molar-refractivity contribution in [1.29, 1.82) is 0 Å². The van der Waals surface area contributed by atoms with Crippen LogP contribution in [0.25, 0.3) is 0 Å². The molecular weight excluding hydrogens is 310 g/mol. The highest BCUT2D eigenvalue weighted by molar-refractivity contribution is 7.10. The fraction of sp³-hybridized carbons (Fsp3) is 0.706. The number of thiophene rings is 1. The van der Waals surface area contributed by atoms with Crippen LogP contribution in [0.2, 0.25) is 0 Å². The van der Waals surface area contributed by atoms with Crippen molar-refractivity contribution in [3.8, 4) is 0 Å². The SMILES string of the molecule is CC1CCN(C(C)CNC(=O)NCC(C)(O)c2cccs2)CC1. The van der Waals surface area contributed by atoms with Crippen molar-refractivity contribution in [2.75, 3.05) is 26.2 Å². The highest BCUT2D eigenvalue weighted by Crippen LogP contribution is 2.24. The lowest BCUT2D eigenvalue weighted by Crippen LogP contribution is -2.49. The number of piperidine rings is 1. The molecule has 1 fully saturated rings. The molecule has 0 aliphatic carbocycles. The number of rotatable bonds is 6. The molecule has 0 radical (unpaired) electrons. The van der Waals surface area contributed by atoms with E-state index in [1.165, 1.54) is 24.2 Å². The van der Waals surface area contributed by atoms with Gasteiger partial charge in [0.2, 0.25) is 0 Å². The zero-order chi connectivity index (χ0) is 16.9. The molecular formula is C17H29N3O2S. The lowest BCUT2D eigenvalue weighted by atomic mass is 9.98. The molecule has 6 heteroatoms. The minimum Gasteiger partial charge on any atom is -0.383 e. The first-order valence-corrected chi connectivity index (χ1v) is 9.28. The van der Waals surface area contributed by atoms with Gasteiger partial charge in [0.05, 0.1) is 6.54 Å². The van der Waals surface area contributed by atoms with Gasteiger partial charge in [-0.25, -0.2) is 4.79 Å². The Labute approximate surface area is 143 Å². The van der Waals surface area contributed by atoms with Gasteiger partial charge in [-0.05, 0) is 57.1 Å². The Balaban J connectivity index is 1.69.